The van der Waals surface area contributed by atoms with Crippen LogP contribution in [0.5, 0.6) is 0 Å². The first-order chi connectivity index (χ1) is 5.47. The molecule has 11 heavy (non-hydrogen) atoms. The molecule has 0 saturated heterocycles. The van der Waals surface area contributed by atoms with Gasteiger partial charge >= 0.3 is 0 Å². The van der Waals surface area contributed by atoms with Crippen molar-refractivity contribution in [1.29, 1.82) is 0 Å². The second-order valence-electron chi connectivity index (χ2n) is 2.08. The highest BCUT2D eigenvalue weighted by Gasteiger charge is 1.92. The van der Waals surface area contributed by atoms with E-state index in [-0.39, 0.29) is 0 Å². The van der Waals surface area contributed by atoms with Gasteiger partial charge < -0.3 is 0 Å². The maximum absolute atomic E-state index is 3.98. The zero-order valence-electron chi connectivity index (χ0n) is 5.81. The summed E-state index contributed by atoms with van der Waals surface area (Å²) < 4.78 is 0. The van der Waals surface area contributed by atoms with Gasteiger partial charge in [-0.2, -0.15) is 15.0 Å². The zero-order valence-corrected chi connectivity index (χ0v) is 5.81. The summed E-state index contributed by atoms with van der Waals surface area (Å²) >= 11 is 0. The average Bonchev–Trinajstić information content (AvgIpc) is 2.58. The Kier molecular flexibility index (Phi) is 1.41. The second kappa shape index (κ2) is 2.54. The van der Waals surface area contributed by atoms with Crippen molar-refractivity contribution >= 4 is 0 Å². The van der Waals surface area contributed by atoms with Gasteiger partial charge in [0.2, 0.25) is 0 Å². The first kappa shape index (κ1) is 6.09. The number of aromatic nitrogens is 3. The molecular weight excluding hydrogens is 138 g/mol. The third kappa shape index (κ3) is 1.12. The van der Waals surface area contributed by atoms with E-state index < -0.39 is 0 Å². The van der Waals surface area contributed by atoms with Gasteiger partial charge in [0.15, 0.2) is 0 Å². The Balaban J connectivity index is 2.46. The minimum Gasteiger partial charge on any atom is -0.157 e. The fourth-order valence-electron chi connectivity index (χ4n) is 0.861. The highest BCUT2D eigenvalue weighted by atomic mass is 15.5. The molecule has 0 fully saturated rings. The van der Waals surface area contributed by atoms with Crippen molar-refractivity contribution < 1.29 is 0 Å². The fourth-order valence-corrected chi connectivity index (χ4v) is 0.861. The van der Waals surface area contributed by atoms with Gasteiger partial charge in [-0.1, -0.05) is 12.1 Å². The zero-order chi connectivity index (χ0) is 7.52. The van der Waals surface area contributed by atoms with Gasteiger partial charge in [0.1, 0.15) is 0 Å². The summed E-state index contributed by atoms with van der Waals surface area (Å²) in [6.45, 7) is 0. The molecular formula is C8H6N3. The summed E-state index contributed by atoms with van der Waals surface area (Å²) in [7, 11) is 0. The van der Waals surface area contributed by atoms with E-state index in [1.165, 1.54) is 0 Å². The van der Waals surface area contributed by atoms with Crippen LogP contribution in [-0.2, 0) is 0 Å². The average molecular weight is 144 g/mol. The van der Waals surface area contributed by atoms with E-state index in [1.54, 1.807) is 17.2 Å². The predicted octanol–water partition coefficient (Wildman–Crippen LogP) is 1.07. The molecule has 0 amide bonds. The second-order valence-corrected chi connectivity index (χ2v) is 2.08. The van der Waals surface area contributed by atoms with Crippen molar-refractivity contribution in [3.8, 4) is 5.69 Å². The van der Waals surface area contributed by atoms with Gasteiger partial charge in [0.05, 0.1) is 18.1 Å². The van der Waals surface area contributed by atoms with Crippen LogP contribution in [0, 0.1) is 6.07 Å². The molecule has 0 N–H and O–H groups in total. The summed E-state index contributed by atoms with van der Waals surface area (Å²) in [4.78, 5) is 1.56. The molecule has 3 nitrogen and oxygen atoms in total. The molecule has 2 rings (SSSR count). The molecule has 0 unspecified atom stereocenters. The Labute approximate surface area is 64.3 Å². The van der Waals surface area contributed by atoms with Crippen LogP contribution in [0.25, 0.3) is 5.69 Å². The topological polar surface area (TPSA) is 30.7 Å². The van der Waals surface area contributed by atoms with Crippen molar-refractivity contribution in [1.82, 2.24) is 15.0 Å². The molecule has 0 aliphatic heterocycles. The summed E-state index contributed by atoms with van der Waals surface area (Å²) in [6, 6.07) is 10.4. The van der Waals surface area contributed by atoms with Crippen LogP contribution < -0.4 is 0 Å². The Bertz CT molecular complexity index is 312. The largest absolute Gasteiger partial charge is 0.157 e. The van der Waals surface area contributed by atoms with Crippen LogP contribution in [0.2, 0.25) is 0 Å². The lowest BCUT2D eigenvalue weighted by molar-refractivity contribution is 0.752. The molecule has 1 aromatic carbocycles. The van der Waals surface area contributed by atoms with Gasteiger partial charge in [-0.3, -0.25) is 0 Å². The molecule has 53 valence electrons. The first-order valence-electron chi connectivity index (χ1n) is 3.29. The number of nitrogens with zero attached hydrogens (tertiary/aromatic N) is 3. The Morgan fingerprint density at radius 3 is 2.36 bits per heavy atom. The summed E-state index contributed by atoms with van der Waals surface area (Å²) in [5, 5.41) is 7.96. The van der Waals surface area contributed by atoms with Gasteiger partial charge in [-0.15, -0.1) is 0 Å². The standard InChI is InChI=1S/C8H6N3/c1-2-4-8(5-3-1)11-9-6-7-10-11/h2-7H. The fraction of sp³-hybridized carbons (Fsp3) is 0. The van der Waals surface area contributed by atoms with E-state index in [4.69, 9.17) is 0 Å². The Morgan fingerprint density at radius 2 is 1.73 bits per heavy atom. The summed E-state index contributed by atoms with van der Waals surface area (Å²) in [5.41, 5.74) is 0.953. The smallest absolute Gasteiger partial charge is 0.0857 e. The van der Waals surface area contributed by atoms with Gasteiger partial charge in [0.25, 0.3) is 0 Å². The van der Waals surface area contributed by atoms with Crippen LogP contribution in [0.15, 0.2) is 36.7 Å². The van der Waals surface area contributed by atoms with E-state index in [9.17, 15) is 0 Å². The predicted molar refractivity (Wildman–Crippen MR) is 40.2 cm³/mol. The molecule has 0 atom stereocenters. The van der Waals surface area contributed by atoms with Crippen LogP contribution in [0.4, 0.5) is 0 Å². The Morgan fingerprint density at radius 1 is 1.09 bits per heavy atom. The van der Waals surface area contributed by atoms with E-state index in [0.717, 1.165) is 5.69 Å². The lowest BCUT2D eigenvalue weighted by atomic mass is 10.3. The molecule has 1 heterocycles. The van der Waals surface area contributed by atoms with Crippen molar-refractivity contribution in [3.05, 3.63) is 42.7 Å². The van der Waals surface area contributed by atoms with Crippen LogP contribution in [0.1, 0.15) is 0 Å². The van der Waals surface area contributed by atoms with E-state index >= 15 is 0 Å². The maximum atomic E-state index is 3.98. The third-order valence-electron chi connectivity index (χ3n) is 1.35. The van der Waals surface area contributed by atoms with Gasteiger partial charge in [-0.25, -0.2) is 0 Å². The lowest BCUT2D eigenvalue weighted by Crippen LogP contribution is -1.96. The molecule has 0 aliphatic carbocycles. The summed E-state index contributed by atoms with van der Waals surface area (Å²) in [5.74, 6) is 0. The molecule has 3 heteroatoms. The van der Waals surface area contributed by atoms with Crippen molar-refractivity contribution in [3.63, 3.8) is 0 Å². The van der Waals surface area contributed by atoms with Gasteiger partial charge in [-0.05, 0) is 18.2 Å². The number of rotatable bonds is 1. The van der Waals surface area contributed by atoms with Crippen LogP contribution in [0.3, 0.4) is 0 Å². The Hall–Kier alpha value is -1.64. The third-order valence-corrected chi connectivity index (χ3v) is 1.35. The SMILES string of the molecule is [c]1ccc(-n2nccn2)cc1. The molecule has 1 radical (unpaired) electrons. The summed E-state index contributed by atoms with van der Waals surface area (Å²) in [6.07, 6.45) is 3.30. The number of hydrogen-bond donors (Lipinski definition) is 0. The molecule has 1 aromatic heterocycles. The first-order valence-corrected chi connectivity index (χ1v) is 3.29. The molecule has 0 bridgehead atoms. The minimum absolute atomic E-state index is 0.953. The molecule has 0 aliphatic rings. The van der Waals surface area contributed by atoms with Crippen molar-refractivity contribution in [2.75, 3.05) is 0 Å². The quantitative estimate of drug-likeness (QED) is 0.599. The molecule has 0 saturated carbocycles. The normalized spacial score (nSPS) is 9.82. The van der Waals surface area contributed by atoms with Crippen molar-refractivity contribution in [2.45, 2.75) is 0 Å². The lowest BCUT2D eigenvalue weighted by Gasteiger charge is -1.95. The molecule has 2 aromatic rings. The maximum Gasteiger partial charge on any atom is 0.0857 e. The van der Waals surface area contributed by atoms with E-state index in [0.29, 0.717) is 0 Å². The van der Waals surface area contributed by atoms with Gasteiger partial charge in [0, 0.05) is 0 Å². The number of benzene rings is 1. The molecule has 0 spiro atoms. The highest BCUT2D eigenvalue weighted by Crippen LogP contribution is 2.00. The van der Waals surface area contributed by atoms with E-state index in [1.807, 2.05) is 24.3 Å². The van der Waals surface area contributed by atoms with Crippen LogP contribution in [-0.4, -0.2) is 15.0 Å². The van der Waals surface area contributed by atoms with Crippen LogP contribution >= 0.6 is 0 Å². The van der Waals surface area contributed by atoms with E-state index in [2.05, 4.69) is 16.3 Å². The van der Waals surface area contributed by atoms with Crippen molar-refractivity contribution in [2.24, 2.45) is 0 Å². The highest BCUT2D eigenvalue weighted by molar-refractivity contribution is 5.27. The minimum atomic E-state index is 0.953. The number of hydrogen-bond acceptors (Lipinski definition) is 2. The monoisotopic (exact) mass is 144 g/mol.